The van der Waals surface area contributed by atoms with Crippen molar-refractivity contribution in [2.24, 2.45) is 18.9 Å². The largest absolute Gasteiger partial charge is 0.322 e. The highest BCUT2D eigenvalue weighted by Crippen LogP contribution is 2.23. The number of nitrogens with zero attached hydrogens (tertiary/aromatic N) is 2. The number of amides is 1. The van der Waals surface area contributed by atoms with Gasteiger partial charge in [-0.25, -0.2) is 0 Å². The maximum Gasteiger partial charge on any atom is 0.238 e. The van der Waals surface area contributed by atoms with Crippen LogP contribution in [0.2, 0.25) is 0 Å². The molecule has 0 aliphatic rings. The fourth-order valence-corrected chi connectivity index (χ4v) is 3.41. The van der Waals surface area contributed by atoms with Gasteiger partial charge in [0, 0.05) is 13.1 Å². The van der Waals surface area contributed by atoms with Gasteiger partial charge in [-0.3, -0.25) is 9.48 Å². The molecule has 0 radical (unpaired) electrons. The standard InChI is InChI=1S/C22H34N4O/c1-14(2)12-18-8-10-19(11-9-18)21(15(3)4)23-13-20(27)24-22-16(5)25-26(7)17(22)6/h8-11,14-15,21,23H,12-13H2,1-7H3,(H,24,27)/t21-/m1/s1. The average Bonchev–Trinajstić information content (AvgIpc) is 2.82. The molecule has 5 nitrogen and oxygen atoms in total. The van der Waals surface area contributed by atoms with Gasteiger partial charge in [-0.2, -0.15) is 5.10 Å². The summed E-state index contributed by atoms with van der Waals surface area (Å²) in [5.74, 6) is 0.991. The highest BCUT2D eigenvalue weighted by molar-refractivity contribution is 5.93. The van der Waals surface area contributed by atoms with Crippen LogP contribution in [0.25, 0.3) is 0 Å². The molecule has 0 aliphatic heterocycles. The van der Waals surface area contributed by atoms with Gasteiger partial charge in [0.2, 0.25) is 5.91 Å². The lowest BCUT2D eigenvalue weighted by Crippen LogP contribution is -2.33. The van der Waals surface area contributed by atoms with Crippen LogP contribution in [0.1, 0.15) is 56.3 Å². The zero-order valence-electron chi connectivity index (χ0n) is 17.8. The van der Waals surface area contributed by atoms with Gasteiger partial charge in [0.1, 0.15) is 0 Å². The van der Waals surface area contributed by atoms with Crippen LogP contribution in [0, 0.1) is 25.7 Å². The minimum absolute atomic E-state index is 0.0451. The smallest absolute Gasteiger partial charge is 0.238 e. The fourth-order valence-electron chi connectivity index (χ4n) is 3.41. The molecule has 2 rings (SSSR count). The molecule has 0 bridgehead atoms. The first-order chi connectivity index (χ1) is 12.7. The predicted octanol–water partition coefficient (Wildman–Crippen LogP) is 4.16. The van der Waals surface area contributed by atoms with Gasteiger partial charge in [0.25, 0.3) is 0 Å². The van der Waals surface area contributed by atoms with Gasteiger partial charge in [0.15, 0.2) is 0 Å². The van der Waals surface area contributed by atoms with Gasteiger partial charge >= 0.3 is 0 Å². The molecular weight excluding hydrogens is 336 g/mol. The van der Waals surface area contributed by atoms with Crippen LogP contribution in [0.15, 0.2) is 24.3 Å². The van der Waals surface area contributed by atoms with Crippen molar-refractivity contribution in [3.05, 3.63) is 46.8 Å². The Morgan fingerprint density at radius 3 is 2.22 bits per heavy atom. The Morgan fingerprint density at radius 1 is 1.11 bits per heavy atom. The number of carbonyl (C=O) groups is 1. The summed E-state index contributed by atoms with van der Waals surface area (Å²) in [4.78, 5) is 12.4. The molecule has 0 unspecified atom stereocenters. The molecule has 5 heteroatoms. The summed E-state index contributed by atoms with van der Waals surface area (Å²) in [6.07, 6.45) is 1.09. The summed E-state index contributed by atoms with van der Waals surface area (Å²) in [6.45, 7) is 12.9. The first-order valence-corrected chi connectivity index (χ1v) is 9.81. The van der Waals surface area contributed by atoms with Crippen LogP contribution in [0.4, 0.5) is 5.69 Å². The Hall–Kier alpha value is -2.14. The second-order valence-corrected chi connectivity index (χ2v) is 8.16. The van der Waals surface area contributed by atoms with Crippen LogP contribution in [0.3, 0.4) is 0 Å². The van der Waals surface area contributed by atoms with E-state index in [9.17, 15) is 4.79 Å². The third-order valence-electron chi connectivity index (χ3n) is 4.91. The highest BCUT2D eigenvalue weighted by Gasteiger charge is 2.18. The monoisotopic (exact) mass is 370 g/mol. The Labute approximate surface area is 163 Å². The molecule has 1 aromatic carbocycles. The molecule has 0 saturated heterocycles. The quantitative estimate of drug-likeness (QED) is 0.733. The second kappa shape index (κ2) is 9.18. The molecule has 1 heterocycles. The Balaban J connectivity index is 2.00. The Kier molecular flexibility index (Phi) is 7.19. The van der Waals surface area contributed by atoms with Crippen LogP contribution in [-0.2, 0) is 18.3 Å². The van der Waals surface area contributed by atoms with Gasteiger partial charge in [0.05, 0.1) is 23.6 Å². The van der Waals surface area contributed by atoms with Crippen LogP contribution in [0.5, 0.6) is 0 Å². The zero-order chi connectivity index (χ0) is 20.1. The number of carbonyl (C=O) groups excluding carboxylic acids is 1. The molecule has 0 spiro atoms. The van der Waals surface area contributed by atoms with Crippen LogP contribution >= 0.6 is 0 Å². The van der Waals surface area contributed by atoms with E-state index >= 15 is 0 Å². The van der Waals surface area contributed by atoms with E-state index in [2.05, 4.69) is 67.7 Å². The Bertz CT molecular complexity index is 759. The van der Waals surface area contributed by atoms with E-state index in [1.807, 2.05) is 20.9 Å². The summed E-state index contributed by atoms with van der Waals surface area (Å²) in [5, 5.41) is 10.8. The van der Waals surface area contributed by atoms with E-state index in [0.717, 1.165) is 23.5 Å². The maximum absolute atomic E-state index is 12.4. The minimum atomic E-state index is -0.0451. The highest BCUT2D eigenvalue weighted by atomic mass is 16.1. The van der Waals surface area contributed by atoms with Crippen molar-refractivity contribution in [1.29, 1.82) is 0 Å². The SMILES string of the molecule is Cc1nn(C)c(C)c1NC(=O)CN[C@@H](c1ccc(CC(C)C)cc1)C(C)C. The fraction of sp³-hybridized carbons (Fsp3) is 0.545. The number of benzene rings is 1. The molecule has 2 N–H and O–H groups in total. The predicted molar refractivity (Wildman–Crippen MR) is 112 cm³/mol. The normalized spacial score (nSPS) is 12.6. The van der Waals surface area contributed by atoms with Gasteiger partial charge in [-0.15, -0.1) is 0 Å². The van der Waals surface area contributed by atoms with Gasteiger partial charge in [-0.05, 0) is 43.2 Å². The lowest BCUT2D eigenvalue weighted by molar-refractivity contribution is -0.115. The number of anilines is 1. The third-order valence-corrected chi connectivity index (χ3v) is 4.91. The van der Waals surface area contributed by atoms with Crippen molar-refractivity contribution in [3.63, 3.8) is 0 Å². The van der Waals surface area contributed by atoms with Gasteiger partial charge in [-0.1, -0.05) is 52.0 Å². The second-order valence-electron chi connectivity index (χ2n) is 8.16. The molecule has 0 aliphatic carbocycles. The number of aromatic nitrogens is 2. The lowest BCUT2D eigenvalue weighted by atomic mass is 9.93. The van der Waals surface area contributed by atoms with Crippen molar-refractivity contribution < 1.29 is 4.79 Å². The van der Waals surface area contributed by atoms with E-state index < -0.39 is 0 Å². The molecule has 27 heavy (non-hydrogen) atoms. The zero-order valence-corrected chi connectivity index (χ0v) is 17.8. The van der Waals surface area contributed by atoms with Crippen molar-refractivity contribution in [3.8, 4) is 0 Å². The molecule has 1 atom stereocenters. The number of hydrogen-bond acceptors (Lipinski definition) is 3. The van der Waals surface area contributed by atoms with Crippen LogP contribution < -0.4 is 10.6 Å². The molecule has 0 saturated carbocycles. The van der Waals surface area contributed by atoms with E-state index in [4.69, 9.17) is 0 Å². The Morgan fingerprint density at radius 2 is 1.74 bits per heavy atom. The minimum Gasteiger partial charge on any atom is -0.322 e. The number of aryl methyl sites for hydroxylation is 2. The summed E-state index contributed by atoms with van der Waals surface area (Å²) in [6, 6.07) is 8.91. The maximum atomic E-state index is 12.4. The first-order valence-electron chi connectivity index (χ1n) is 9.81. The average molecular weight is 371 g/mol. The molecule has 0 fully saturated rings. The number of nitrogens with one attached hydrogen (secondary N) is 2. The topological polar surface area (TPSA) is 59.0 Å². The number of hydrogen-bond donors (Lipinski definition) is 2. The summed E-state index contributed by atoms with van der Waals surface area (Å²) in [7, 11) is 1.88. The lowest BCUT2D eigenvalue weighted by Gasteiger charge is -2.23. The molecule has 1 aromatic heterocycles. The van der Waals surface area contributed by atoms with E-state index in [1.54, 1.807) is 4.68 Å². The third kappa shape index (κ3) is 5.67. The van der Waals surface area contributed by atoms with Crippen LogP contribution in [-0.4, -0.2) is 22.2 Å². The van der Waals surface area contributed by atoms with E-state index in [0.29, 0.717) is 11.8 Å². The summed E-state index contributed by atoms with van der Waals surface area (Å²) in [5.41, 5.74) is 5.19. The summed E-state index contributed by atoms with van der Waals surface area (Å²) < 4.78 is 1.79. The first kappa shape index (κ1) is 21.2. The van der Waals surface area contributed by atoms with Gasteiger partial charge < -0.3 is 10.6 Å². The van der Waals surface area contributed by atoms with E-state index in [1.165, 1.54) is 11.1 Å². The van der Waals surface area contributed by atoms with E-state index in [-0.39, 0.29) is 18.5 Å². The molecule has 2 aromatic rings. The summed E-state index contributed by atoms with van der Waals surface area (Å²) >= 11 is 0. The molecule has 148 valence electrons. The van der Waals surface area contributed by atoms with Crippen molar-refractivity contribution in [2.75, 3.05) is 11.9 Å². The van der Waals surface area contributed by atoms with Crippen molar-refractivity contribution >= 4 is 11.6 Å². The molecule has 1 amide bonds. The number of rotatable bonds is 8. The van der Waals surface area contributed by atoms with Crippen molar-refractivity contribution in [2.45, 2.75) is 54.0 Å². The molecular formula is C22H34N4O. The van der Waals surface area contributed by atoms with Crippen molar-refractivity contribution in [1.82, 2.24) is 15.1 Å².